The highest BCUT2D eigenvalue weighted by molar-refractivity contribution is 9.10. The van der Waals surface area contributed by atoms with Crippen molar-refractivity contribution in [1.82, 2.24) is 4.90 Å². The molecule has 0 radical (unpaired) electrons. The fourth-order valence-electron chi connectivity index (χ4n) is 1.99. The molecule has 0 saturated heterocycles. The smallest absolute Gasteiger partial charge is 0.226 e. The number of aliphatic hydroxyl groups is 1. The lowest BCUT2D eigenvalue weighted by atomic mass is 10.1. The second kappa shape index (κ2) is 6.01. The fraction of sp³-hybridized carbons (Fsp3) is 0.500. The van der Waals surface area contributed by atoms with Gasteiger partial charge in [0.05, 0.1) is 12.5 Å². The molecule has 1 N–H and O–H groups in total. The van der Waals surface area contributed by atoms with Gasteiger partial charge in [0.2, 0.25) is 5.91 Å². The van der Waals surface area contributed by atoms with Gasteiger partial charge < -0.3 is 10.0 Å². The Labute approximate surface area is 120 Å². The van der Waals surface area contributed by atoms with Gasteiger partial charge in [-0.25, -0.2) is 4.39 Å². The van der Waals surface area contributed by atoms with Gasteiger partial charge in [-0.05, 0) is 42.5 Å². The van der Waals surface area contributed by atoms with Crippen molar-refractivity contribution in [2.24, 2.45) is 5.92 Å². The van der Waals surface area contributed by atoms with Crippen LogP contribution < -0.4 is 0 Å². The minimum absolute atomic E-state index is 0.119. The Morgan fingerprint density at radius 2 is 2.26 bits per heavy atom. The normalized spacial score (nSPS) is 16.2. The van der Waals surface area contributed by atoms with Crippen LogP contribution in [0.4, 0.5) is 4.39 Å². The minimum Gasteiger partial charge on any atom is -0.391 e. The van der Waals surface area contributed by atoms with E-state index in [2.05, 4.69) is 15.9 Å². The summed E-state index contributed by atoms with van der Waals surface area (Å²) in [4.78, 5) is 13.5. The summed E-state index contributed by atoms with van der Waals surface area (Å²) in [5, 5.41) is 9.81. The summed E-state index contributed by atoms with van der Waals surface area (Å²) in [5.41, 5.74) is 0.623. The molecule has 0 spiro atoms. The molecule has 0 aliphatic heterocycles. The zero-order valence-electron chi connectivity index (χ0n) is 10.8. The van der Waals surface area contributed by atoms with Crippen molar-refractivity contribution in [2.75, 3.05) is 13.6 Å². The van der Waals surface area contributed by atoms with Crippen molar-refractivity contribution in [3.8, 4) is 0 Å². The van der Waals surface area contributed by atoms with Crippen LogP contribution in [0, 0.1) is 11.7 Å². The van der Waals surface area contributed by atoms with Crippen LogP contribution >= 0.6 is 15.9 Å². The summed E-state index contributed by atoms with van der Waals surface area (Å²) >= 11 is 3.31. The van der Waals surface area contributed by atoms with Gasteiger partial charge in [-0.1, -0.05) is 15.9 Å². The van der Waals surface area contributed by atoms with Crippen LogP contribution in [-0.4, -0.2) is 35.6 Å². The Bertz CT molecular complexity index is 477. The van der Waals surface area contributed by atoms with Crippen LogP contribution in [0.25, 0.3) is 0 Å². The van der Waals surface area contributed by atoms with E-state index in [1.165, 1.54) is 17.0 Å². The molecule has 2 rings (SSSR count). The van der Waals surface area contributed by atoms with Crippen molar-refractivity contribution in [2.45, 2.75) is 25.4 Å². The molecule has 1 amide bonds. The van der Waals surface area contributed by atoms with E-state index in [0.29, 0.717) is 18.0 Å². The fourth-order valence-corrected chi connectivity index (χ4v) is 2.38. The van der Waals surface area contributed by atoms with Crippen LogP contribution in [-0.2, 0) is 11.2 Å². The van der Waals surface area contributed by atoms with Crippen molar-refractivity contribution in [3.63, 3.8) is 0 Å². The molecular formula is C14H17BrFNO2. The van der Waals surface area contributed by atoms with E-state index in [4.69, 9.17) is 0 Å². The van der Waals surface area contributed by atoms with Crippen molar-refractivity contribution < 1.29 is 14.3 Å². The third-order valence-electron chi connectivity index (χ3n) is 3.40. The van der Waals surface area contributed by atoms with Gasteiger partial charge in [-0.2, -0.15) is 0 Å². The van der Waals surface area contributed by atoms with Gasteiger partial charge in [0, 0.05) is 18.1 Å². The summed E-state index contributed by atoms with van der Waals surface area (Å²) in [5.74, 6) is -0.131. The van der Waals surface area contributed by atoms with E-state index in [1.54, 1.807) is 13.1 Å². The molecule has 1 atom stereocenters. The summed E-state index contributed by atoms with van der Waals surface area (Å²) in [6, 6.07) is 4.29. The highest BCUT2D eigenvalue weighted by Crippen LogP contribution is 2.32. The van der Waals surface area contributed by atoms with Gasteiger partial charge in [0.1, 0.15) is 5.82 Å². The minimum atomic E-state index is -0.440. The molecule has 1 aromatic carbocycles. The predicted octanol–water partition coefficient (Wildman–Crippen LogP) is 2.36. The second-order valence-corrected chi connectivity index (χ2v) is 5.95. The number of hydrogen-bond donors (Lipinski definition) is 1. The largest absolute Gasteiger partial charge is 0.391 e. The molecule has 1 aliphatic carbocycles. The number of nitrogens with zero attached hydrogens (tertiary/aromatic N) is 1. The quantitative estimate of drug-likeness (QED) is 0.900. The van der Waals surface area contributed by atoms with Gasteiger partial charge >= 0.3 is 0 Å². The van der Waals surface area contributed by atoms with E-state index in [9.17, 15) is 14.3 Å². The van der Waals surface area contributed by atoms with Crippen molar-refractivity contribution >= 4 is 21.8 Å². The molecule has 5 heteroatoms. The number of carbonyl (C=O) groups is 1. The predicted molar refractivity (Wildman–Crippen MR) is 74.2 cm³/mol. The average Bonchev–Trinajstić information content (AvgIpc) is 3.17. The highest BCUT2D eigenvalue weighted by Gasteiger charge is 2.31. The number of carbonyl (C=O) groups excluding carboxylic acids is 1. The molecule has 1 aliphatic rings. The maximum Gasteiger partial charge on any atom is 0.226 e. The van der Waals surface area contributed by atoms with Gasteiger partial charge in [0.15, 0.2) is 0 Å². The molecule has 3 nitrogen and oxygen atoms in total. The number of rotatable bonds is 5. The summed E-state index contributed by atoms with van der Waals surface area (Å²) in [7, 11) is 1.67. The molecular weight excluding hydrogens is 313 g/mol. The first-order chi connectivity index (χ1) is 8.97. The summed E-state index contributed by atoms with van der Waals surface area (Å²) in [6.07, 6.45) is 1.77. The maximum atomic E-state index is 13.1. The Hall–Kier alpha value is -0.940. The molecule has 0 aromatic heterocycles. The van der Waals surface area contributed by atoms with Crippen LogP contribution in [0.5, 0.6) is 0 Å². The van der Waals surface area contributed by atoms with Gasteiger partial charge in [-0.15, -0.1) is 0 Å². The number of halogens is 2. The lowest BCUT2D eigenvalue weighted by Crippen LogP contribution is -2.36. The number of benzene rings is 1. The number of amides is 1. The van der Waals surface area contributed by atoms with Gasteiger partial charge in [0.25, 0.3) is 0 Å². The number of aliphatic hydroxyl groups excluding tert-OH is 1. The summed E-state index contributed by atoms with van der Waals surface area (Å²) < 4.78 is 13.9. The average molecular weight is 330 g/mol. The zero-order chi connectivity index (χ0) is 14.0. The molecule has 1 saturated carbocycles. The molecule has 0 bridgehead atoms. The Balaban J connectivity index is 1.93. The first kappa shape index (κ1) is 14.5. The molecule has 0 heterocycles. The van der Waals surface area contributed by atoms with Crippen LogP contribution in [0.2, 0.25) is 0 Å². The molecule has 1 aromatic rings. The lowest BCUT2D eigenvalue weighted by molar-refractivity contribution is -0.130. The van der Waals surface area contributed by atoms with Crippen molar-refractivity contribution in [3.05, 3.63) is 34.1 Å². The van der Waals surface area contributed by atoms with E-state index in [-0.39, 0.29) is 18.1 Å². The van der Waals surface area contributed by atoms with Crippen molar-refractivity contribution in [1.29, 1.82) is 0 Å². The van der Waals surface area contributed by atoms with E-state index in [0.717, 1.165) is 17.3 Å². The third kappa shape index (κ3) is 4.01. The lowest BCUT2D eigenvalue weighted by Gasteiger charge is -2.21. The molecule has 19 heavy (non-hydrogen) atoms. The topological polar surface area (TPSA) is 40.5 Å². The monoisotopic (exact) mass is 329 g/mol. The molecule has 1 fully saturated rings. The Kier molecular flexibility index (Phi) is 4.58. The standard InChI is InChI=1S/C14H17BrFNO2/c1-17(8-13(18)9-2-3-9)14(19)7-10-6-11(16)4-5-12(10)15/h4-6,9,13,18H,2-3,7-8H2,1H3. The Morgan fingerprint density at radius 1 is 1.58 bits per heavy atom. The first-order valence-electron chi connectivity index (χ1n) is 6.33. The molecule has 1 unspecified atom stereocenters. The number of likely N-dealkylation sites (N-methyl/N-ethyl adjacent to an activating group) is 1. The zero-order valence-corrected chi connectivity index (χ0v) is 12.4. The summed E-state index contributed by atoms with van der Waals surface area (Å²) in [6.45, 7) is 0.344. The first-order valence-corrected chi connectivity index (χ1v) is 7.12. The van der Waals surface area contributed by atoms with Gasteiger partial charge in [-0.3, -0.25) is 4.79 Å². The van der Waals surface area contributed by atoms with Crippen LogP contribution in [0.1, 0.15) is 18.4 Å². The second-order valence-electron chi connectivity index (χ2n) is 5.09. The SMILES string of the molecule is CN(CC(O)C1CC1)C(=O)Cc1cc(F)ccc1Br. The Morgan fingerprint density at radius 3 is 2.89 bits per heavy atom. The van der Waals surface area contributed by atoms with E-state index >= 15 is 0 Å². The third-order valence-corrected chi connectivity index (χ3v) is 4.18. The van der Waals surface area contributed by atoms with E-state index in [1.807, 2.05) is 0 Å². The maximum absolute atomic E-state index is 13.1. The van der Waals surface area contributed by atoms with E-state index < -0.39 is 6.10 Å². The van der Waals surface area contributed by atoms with Crippen LogP contribution in [0.15, 0.2) is 22.7 Å². The number of hydrogen-bond acceptors (Lipinski definition) is 2. The molecule has 104 valence electrons. The van der Waals surface area contributed by atoms with Crippen LogP contribution in [0.3, 0.4) is 0 Å². The highest BCUT2D eigenvalue weighted by atomic mass is 79.9.